The number of rotatable bonds is 2. The number of benzene rings is 3. The van der Waals surface area contributed by atoms with Crippen molar-refractivity contribution < 1.29 is 0 Å². The number of alkyl halides is 2. The second-order valence-corrected chi connectivity index (χ2v) is 37.3. The third-order valence-corrected chi connectivity index (χ3v) is 29.3. The summed E-state index contributed by atoms with van der Waals surface area (Å²) in [5, 5.41) is 0.194. The average Bonchev–Trinajstić information content (AvgIpc) is 3.15. The van der Waals surface area contributed by atoms with Crippen molar-refractivity contribution in [3.63, 3.8) is 0 Å². The molecule has 0 nitrogen and oxygen atoms in total. The molecule has 7 aliphatic carbocycles. The molecule has 4 heterocycles. The summed E-state index contributed by atoms with van der Waals surface area (Å²) in [5.41, 5.74) is 9.56. The van der Waals surface area contributed by atoms with Crippen LogP contribution in [0.15, 0.2) is 72.8 Å². The van der Waals surface area contributed by atoms with Crippen molar-refractivity contribution >= 4 is 91.6 Å². The van der Waals surface area contributed by atoms with E-state index in [9.17, 15) is 0 Å². The standard InChI is InChI=1S/C49H92.C16H16S4.C8H10S2.CH2Cl2/c1-26-23-46(15,16)42-36(11)38(13)43(39(14)37(42)12)47(17,18)24-27(2)41-30(5)34(9)45(35(10)31(41)6)49(21,22)25-48(19,20)44-32(7)28(3)40(26)29(4)33(44)8;1-2-14-4-3-13(1)9-17-19-11-15-5-7-16(8-6-15)12-20-18-10-14;9-5-7-1-2-8(6-10)4-3-7;2-1-3/h26-45H,23-25H2,1-22H3;1-8H,9-12H2;1-4,9-10H,5-6H2;1H2. The van der Waals surface area contributed by atoms with Gasteiger partial charge in [-0.25, -0.2) is 0 Å². The maximum absolute atomic E-state index is 4.76. The summed E-state index contributed by atoms with van der Waals surface area (Å²) >= 11 is 17.8. The van der Waals surface area contributed by atoms with Crippen LogP contribution < -0.4 is 0 Å². The fraction of sp³-hybridized carbons (Fsp3) is 0.757. The van der Waals surface area contributed by atoms with Crippen molar-refractivity contribution in [3.05, 3.63) is 106 Å². The third kappa shape index (κ3) is 17.8. The Morgan fingerprint density at radius 1 is 0.341 bits per heavy atom. The van der Waals surface area contributed by atoms with Crippen molar-refractivity contribution in [1.29, 1.82) is 0 Å². The SMILES string of the molecule is CC1CC(C)(C)C2C(C)C(C)C(C(C)C2C)C(C)(C)CC(C)C2C(C)C(C)C(C(C)C2C)C(C)(C)CC(C)(C)C2C(C)C(C)C1C(C)C2C.ClCCl.SCc1ccc(CS)cc1.c1cc2ccc1CSSCc1ccc(cc1)CSSC2. The van der Waals surface area contributed by atoms with E-state index in [1.165, 1.54) is 52.6 Å². The Bertz CT molecular complexity index is 2070. The monoisotopic (exact) mass is 1270 g/mol. The Morgan fingerprint density at radius 3 is 0.744 bits per heavy atom. The van der Waals surface area contributed by atoms with E-state index in [0.717, 1.165) is 153 Å². The molecule has 3 aromatic carbocycles. The van der Waals surface area contributed by atoms with Crippen LogP contribution in [0.1, 0.15) is 205 Å². The highest BCUT2D eigenvalue weighted by Crippen LogP contribution is 2.64. The Morgan fingerprint density at radius 2 is 0.537 bits per heavy atom. The molecule has 11 aliphatic rings. The first-order valence-electron chi connectivity index (χ1n) is 32.4. The third-order valence-electron chi connectivity index (χ3n) is 24.0. The zero-order chi connectivity index (χ0) is 61.4. The van der Waals surface area contributed by atoms with E-state index in [4.69, 9.17) is 23.2 Å². The number of hydrogen-bond acceptors (Lipinski definition) is 6. The van der Waals surface area contributed by atoms with Crippen LogP contribution in [0.2, 0.25) is 0 Å². The van der Waals surface area contributed by atoms with Gasteiger partial charge in [0, 0.05) is 34.5 Å². The van der Waals surface area contributed by atoms with Gasteiger partial charge in [-0.05, 0) is 193 Å². The lowest BCUT2D eigenvalue weighted by atomic mass is 9.45. The molecule has 0 radical (unpaired) electrons. The van der Waals surface area contributed by atoms with Gasteiger partial charge >= 0.3 is 0 Å². The van der Waals surface area contributed by atoms with Crippen LogP contribution in [-0.4, -0.2) is 5.34 Å². The lowest BCUT2D eigenvalue weighted by molar-refractivity contribution is -0.112. The number of hydrogen-bond donors (Lipinski definition) is 2. The van der Waals surface area contributed by atoms with Crippen LogP contribution in [0, 0.1) is 140 Å². The van der Waals surface area contributed by atoms with Gasteiger partial charge < -0.3 is 0 Å². The molecule has 466 valence electrons. The second kappa shape index (κ2) is 31.9. The highest BCUT2D eigenvalue weighted by atomic mass is 35.5. The predicted octanol–water partition coefficient (Wildman–Crippen LogP) is 25.0. The minimum atomic E-state index is 0.194. The molecular weight excluding hydrogens is 1150 g/mol. The van der Waals surface area contributed by atoms with Gasteiger partial charge in [0.1, 0.15) is 0 Å². The van der Waals surface area contributed by atoms with E-state index in [2.05, 4.69) is 250 Å². The molecule has 7 fully saturated rings. The Kier molecular flexibility index (Phi) is 28.4. The maximum atomic E-state index is 4.76. The fourth-order valence-corrected chi connectivity index (χ4v) is 25.6. The zero-order valence-corrected chi connectivity index (χ0v) is 62.4. The van der Waals surface area contributed by atoms with Crippen molar-refractivity contribution in [1.82, 2.24) is 0 Å². The summed E-state index contributed by atoms with van der Waals surface area (Å²) < 4.78 is 0. The molecule has 82 heavy (non-hydrogen) atoms. The Hall–Kier alpha value is 0.340. The molecular formula is C74H120Cl2S6. The number of fused-ring (bicyclic) bond motifs is 3. The van der Waals surface area contributed by atoms with Crippen LogP contribution in [0.25, 0.3) is 0 Å². The molecule has 0 amide bonds. The van der Waals surface area contributed by atoms with Crippen molar-refractivity contribution in [2.24, 2.45) is 140 Å². The van der Waals surface area contributed by atoms with Crippen molar-refractivity contribution in [3.8, 4) is 0 Å². The summed E-state index contributed by atoms with van der Waals surface area (Å²) in [6.07, 6.45) is 4.12. The number of thiol groups is 2. The Labute approximate surface area is 544 Å². The summed E-state index contributed by atoms with van der Waals surface area (Å²) in [6.45, 7) is 59.2. The van der Waals surface area contributed by atoms with Crippen LogP contribution in [0.4, 0.5) is 0 Å². The fourth-order valence-electron chi connectivity index (χ4n) is 20.9. The van der Waals surface area contributed by atoms with Gasteiger partial charge in [0.2, 0.25) is 0 Å². The van der Waals surface area contributed by atoms with Crippen LogP contribution in [0.5, 0.6) is 0 Å². The smallest absolute Gasteiger partial charge is 0.0967 e. The molecule has 14 unspecified atom stereocenters. The van der Waals surface area contributed by atoms with Crippen LogP contribution in [0.3, 0.4) is 0 Å². The van der Waals surface area contributed by atoms with E-state index >= 15 is 0 Å². The quantitative estimate of drug-likeness (QED) is 0.149. The molecule has 14 rings (SSSR count). The van der Waals surface area contributed by atoms with Gasteiger partial charge in [-0.2, -0.15) is 25.3 Å². The second-order valence-electron chi connectivity index (χ2n) is 31.0. The average molecular weight is 1270 g/mol. The Balaban J connectivity index is 0.000000300. The van der Waals surface area contributed by atoms with E-state index in [0.29, 0.717) is 21.7 Å². The van der Waals surface area contributed by atoms with Gasteiger partial charge in [0.15, 0.2) is 0 Å². The summed E-state index contributed by atoms with van der Waals surface area (Å²) in [5.74, 6) is 21.5. The van der Waals surface area contributed by atoms with E-state index in [1.54, 1.807) is 0 Å². The normalized spacial score (nSPS) is 38.1. The van der Waals surface area contributed by atoms with E-state index in [1.807, 2.05) is 43.2 Å². The van der Waals surface area contributed by atoms with Gasteiger partial charge in [-0.1, -0.05) is 268 Å². The largest absolute Gasteiger partial charge is 0.175 e. The molecule has 0 saturated heterocycles. The van der Waals surface area contributed by atoms with E-state index in [-0.39, 0.29) is 5.34 Å². The maximum Gasteiger partial charge on any atom is 0.0967 e. The summed E-state index contributed by atoms with van der Waals surface area (Å²) in [6, 6.07) is 26.5. The van der Waals surface area contributed by atoms with Gasteiger partial charge in [-0.15, -0.1) is 23.2 Å². The van der Waals surface area contributed by atoms with Gasteiger partial charge in [0.05, 0.1) is 5.34 Å². The molecule has 10 bridgehead atoms. The molecule has 4 aliphatic heterocycles. The predicted molar refractivity (Wildman–Crippen MR) is 385 cm³/mol. The number of halogens is 2. The molecule has 14 atom stereocenters. The van der Waals surface area contributed by atoms with Crippen molar-refractivity contribution in [2.45, 2.75) is 206 Å². The minimum Gasteiger partial charge on any atom is -0.175 e. The lowest BCUT2D eigenvalue weighted by Gasteiger charge is -2.60. The molecule has 0 N–H and O–H groups in total. The first-order valence-corrected chi connectivity index (χ1v) is 39.7. The summed E-state index contributed by atoms with van der Waals surface area (Å²) in [4.78, 5) is 0. The van der Waals surface area contributed by atoms with E-state index < -0.39 is 0 Å². The lowest BCUT2D eigenvalue weighted by Crippen LogP contribution is -2.53. The highest BCUT2D eigenvalue weighted by Gasteiger charge is 2.58. The molecule has 0 aromatic heterocycles. The minimum absolute atomic E-state index is 0.194. The summed E-state index contributed by atoms with van der Waals surface area (Å²) in [7, 11) is 7.78. The first-order chi connectivity index (χ1) is 38.3. The van der Waals surface area contributed by atoms with Crippen LogP contribution in [-0.2, 0) is 34.5 Å². The highest BCUT2D eigenvalue weighted by molar-refractivity contribution is 8.76. The molecule has 0 spiro atoms. The zero-order valence-electron chi connectivity index (χ0n) is 55.8. The molecule has 3 aromatic rings. The van der Waals surface area contributed by atoms with Gasteiger partial charge in [-0.3, -0.25) is 0 Å². The first kappa shape index (κ1) is 73.1. The van der Waals surface area contributed by atoms with Crippen molar-refractivity contribution in [2.75, 3.05) is 5.34 Å². The molecule has 7 saturated carbocycles. The molecule has 8 heteroatoms. The topological polar surface area (TPSA) is 0 Å². The van der Waals surface area contributed by atoms with Crippen LogP contribution >= 0.6 is 91.6 Å². The van der Waals surface area contributed by atoms with Gasteiger partial charge in [0.25, 0.3) is 0 Å².